The third-order valence-corrected chi connectivity index (χ3v) is 7.15. The summed E-state index contributed by atoms with van der Waals surface area (Å²) in [6.45, 7) is 3.53. The van der Waals surface area contributed by atoms with Gasteiger partial charge in [-0.15, -0.1) is 21.5 Å². The number of amides is 1. The predicted molar refractivity (Wildman–Crippen MR) is 122 cm³/mol. The number of hydrogen-bond donors (Lipinski definition) is 1. The van der Waals surface area contributed by atoms with Gasteiger partial charge in [0.1, 0.15) is 0 Å². The molecule has 0 saturated carbocycles. The first kappa shape index (κ1) is 20.9. The summed E-state index contributed by atoms with van der Waals surface area (Å²) in [4.78, 5) is 19.2. The van der Waals surface area contributed by atoms with Gasteiger partial charge in [0, 0.05) is 30.6 Å². The maximum atomic E-state index is 12.6. The number of hydrogen-bond acceptors (Lipinski definition) is 7. The minimum Gasteiger partial charge on any atom is -0.354 e. The van der Waals surface area contributed by atoms with Crippen LogP contribution in [0, 0.1) is 0 Å². The fourth-order valence-corrected chi connectivity index (χ4v) is 5.09. The average Bonchev–Trinajstić information content (AvgIpc) is 3.38. The Bertz CT molecular complexity index is 987. The van der Waals surface area contributed by atoms with E-state index in [9.17, 15) is 4.79 Å². The molecule has 0 aliphatic carbocycles. The summed E-state index contributed by atoms with van der Waals surface area (Å²) >= 11 is 3.02. The van der Waals surface area contributed by atoms with Crippen molar-refractivity contribution in [2.75, 3.05) is 17.6 Å². The van der Waals surface area contributed by atoms with Gasteiger partial charge in [0.2, 0.25) is 5.91 Å². The van der Waals surface area contributed by atoms with E-state index in [4.69, 9.17) is 0 Å². The highest BCUT2D eigenvalue weighted by Gasteiger charge is 2.23. The zero-order valence-electron chi connectivity index (χ0n) is 17.2. The quantitative estimate of drug-likeness (QED) is 0.557. The molecule has 30 heavy (non-hydrogen) atoms. The summed E-state index contributed by atoms with van der Waals surface area (Å²) in [7, 11) is 1.94. The summed E-state index contributed by atoms with van der Waals surface area (Å²) in [6.07, 6.45) is 3.41. The zero-order valence-corrected chi connectivity index (χ0v) is 18.9. The summed E-state index contributed by atoms with van der Waals surface area (Å²) in [5.74, 6) is 1.40. The van der Waals surface area contributed by atoms with Gasteiger partial charge in [0.25, 0.3) is 0 Å². The van der Waals surface area contributed by atoms with Crippen molar-refractivity contribution in [2.24, 2.45) is 7.05 Å². The van der Waals surface area contributed by atoms with Gasteiger partial charge >= 0.3 is 0 Å². The summed E-state index contributed by atoms with van der Waals surface area (Å²) in [5.41, 5.74) is 2.06. The lowest BCUT2D eigenvalue weighted by molar-refractivity contribution is -0.131. The number of benzene rings is 1. The molecule has 1 fully saturated rings. The molecule has 3 heterocycles. The first-order valence-corrected chi connectivity index (χ1v) is 12.0. The van der Waals surface area contributed by atoms with E-state index in [0.717, 1.165) is 46.8 Å². The van der Waals surface area contributed by atoms with E-state index in [-0.39, 0.29) is 5.91 Å². The van der Waals surface area contributed by atoms with Crippen LogP contribution in [0.4, 0.5) is 5.13 Å². The molecule has 1 aliphatic rings. The van der Waals surface area contributed by atoms with E-state index < -0.39 is 0 Å². The van der Waals surface area contributed by atoms with Crippen molar-refractivity contribution >= 4 is 34.1 Å². The molecule has 158 valence electrons. The van der Waals surface area contributed by atoms with Gasteiger partial charge in [-0.3, -0.25) is 4.79 Å². The standard InChI is InChI=1S/C21H26N6OS2/c1-15-8-6-7-11-27(15)19(28)14-30-21-25-24-18(26(21)2)12-22-20-23-17(13-29-20)16-9-4-3-5-10-16/h3-5,9-10,13,15H,6-8,11-12,14H2,1-2H3,(H,22,23)/t15-/m1/s1. The molecule has 1 atom stereocenters. The third kappa shape index (κ3) is 4.84. The molecular weight excluding hydrogens is 416 g/mol. The lowest BCUT2D eigenvalue weighted by atomic mass is 10.0. The number of piperidine rings is 1. The van der Waals surface area contributed by atoms with Crippen LogP contribution in [0.1, 0.15) is 32.0 Å². The maximum Gasteiger partial charge on any atom is 0.233 e. The second-order valence-corrected chi connectivity index (χ2v) is 9.24. The van der Waals surface area contributed by atoms with Crippen molar-refractivity contribution < 1.29 is 4.79 Å². The number of likely N-dealkylation sites (tertiary alicyclic amines) is 1. The number of carbonyl (C=O) groups excluding carboxylic acids is 1. The van der Waals surface area contributed by atoms with Gasteiger partial charge in [-0.25, -0.2) is 4.98 Å². The molecule has 0 spiro atoms. The normalized spacial score (nSPS) is 16.6. The van der Waals surface area contributed by atoms with Gasteiger partial charge in [0.15, 0.2) is 16.1 Å². The Balaban J connectivity index is 1.31. The van der Waals surface area contributed by atoms with Gasteiger partial charge in [0.05, 0.1) is 18.0 Å². The molecule has 1 N–H and O–H groups in total. The number of thioether (sulfide) groups is 1. The number of rotatable bonds is 7. The largest absolute Gasteiger partial charge is 0.354 e. The first-order valence-electron chi connectivity index (χ1n) is 10.2. The summed E-state index contributed by atoms with van der Waals surface area (Å²) in [5, 5.41) is 15.5. The van der Waals surface area contributed by atoms with E-state index in [2.05, 4.69) is 39.6 Å². The van der Waals surface area contributed by atoms with Crippen molar-refractivity contribution in [3.8, 4) is 11.3 Å². The highest BCUT2D eigenvalue weighted by molar-refractivity contribution is 7.99. The number of nitrogens with one attached hydrogen (secondary N) is 1. The van der Waals surface area contributed by atoms with Gasteiger partial charge in [-0.1, -0.05) is 42.1 Å². The topological polar surface area (TPSA) is 75.9 Å². The van der Waals surface area contributed by atoms with Crippen LogP contribution < -0.4 is 5.32 Å². The molecule has 4 rings (SSSR count). The van der Waals surface area contributed by atoms with Crippen LogP contribution in [0.15, 0.2) is 40.9 Å². The molecule has 2 aromatic heterocycles. The van der Waals surface area contributed by atoms with Crippen molar-refractivity contribution in [3.05, 3.63) is 41.5 Å². The molecule has 1 saturated heterocycles. The molecule has 0 radical (unpaired) electrons. The molecular formula is C21H26N6OS2. The molecule has 9 heteroatoms. The van der Waals surface area contributed by atoms with Crippen molar-refractivity contribution in [1.29, 1.82) is 0 Å². The second-order valence-electron chi connectivity index (χ2n) is 7.44. The Labute approximate surface area is 184 Å². The minimum absolute atomic E-state index is 0.186. The van der Waals surface area contributed by atoms with E-state index in [1.807, 2.05) is 40.1 Å². The van der Waals surface area contributed by atoms with Gasteiger partial charge in [-0.05, 0) is 26.2 Å². The van der Waals surface area contributed by atoms with Crippen LogP contribution in [-0.2, 0) is 18.4 Å². The monoisotopic (exact) mass is 442 g/mol. The van der Waals surface area contributed by atoms with E-state index in [1.165, 1.54) is 18.2 Å². The van der Waals surface area contributed by atoms with Gasteiger partial charge < -0.3 is 14.8 Å². The van der Waals surface area contributed by atoms with Crippen molar-refractivity contribution in [3.63, 3.8) is 0 Å². The lowest BCUT2D eigenvalue weighted by Gasteiger charge is -2.33. The van der Waals surface area contributed by atoms with Crippen LogP contribution in [0.2, 0.25) is 0 Å². The number of aromatic nitrogens is 4. The van der Waals surface area contributed by atoms with Crippen molar-refractivity contribution in [2.45, 2.75) is 43.9 Å². The predicted octanol–water partition coefficient (Wildman–Crippen LogP) is 4.04. The SMILES string of the molecule is C[C@@H]1CCCCN1C(=O)CSc1nnc(CNc2nc(-c3ccccc3)cs2)n1C. The van der Waals surface area contributed by atoms with Crippen LogP contribution >= 0.6 is 23.1 Å². The fourth-order valence-electron chi connectivity index (χ4n) is 3.55. The Kier molecular flexibility index (Phi) is 6.69. The average molecular weight is 443 g/mol. The number of nitrogens with zero attached hydrogens (tertiary/aromatic N) is 5. The lowest BCUT2D eigenvalue weighted by Crippen LogP contribution is -2.42. The Morgan fingerprint density at radius 2 is 2.10 bits per heavy atom. The molecule has 0 bridgehead atoms. The molecule has 0 unspecified atom stereocenters. The third-order valence-electron chi connectivity index (χ3n) is 5.34. The van der Waals surface area contributed by atoms with Crippen molar-refractivity contribution in [1.82, 2.24) is 24.6 Å². The van der Waals surface area contributed by atoms with Crippen LogP contribution in [0.5, 0.6) is 0 Å². The maximum absolute atomic E-state index is 12.6. The molecule has 3 aromatic rings. The molecule has 1 amide bonds. The highest BCUT2D eigenvalue weighted by Crippen LogP contribution is 2.25. The molecule has 1 aliphatic heterocycles. The van der Waals surface area contributed by atoms with E-state index in [1.54, 1.807) is 11.3 Å². The Morgan fingerprint density at radius 3 is 2.90 bits per heavy atom. The number of carbonyl (C=O) groups is 1. The van der Waals surface area contributed by atoms with Crippen LogP contribution in [0.3, 0.4) is 0 Å². The summed E-state index contributed by atoms with van der Waals surface area (Å²) in [6, 6.07) is 10.5. The Hall–Kier alpha value is -2.39. The van der Waals surface area contributed by atoms with E-state index >= 15 is 0 Å². The first-order chi connectivity index (χ1) is 14.6. The highest BCUT2D eigenvalue weighted by atomic mass is 32.2. The smallest absolute Gasteiger partial charge is 0.233 e. The van der Waals surface area contributed by atoms with Crippen LogP contribution in [-0.4, -0.2) is 48.9 Å². The van der Waals surface area contributed by atoms with Gasteiger partial charge in [-0.2, -0.15) is 0 Å². The number of thiazole rings is 1. The minimum atomic E-state index is 0.186. The molecule has 7 nitrogen and oxygen atoms in total. The molecule has 1 aromatic carbocycles. The Morgan fingerprint density at radius 1 is 1.27 bits per heavy atom. The second kappa shape index (κ2) is 9.61. The zero-order chi connectivity index (χ0) is 20.9. The number of anilines is 1. The van der Waals surface area contributed by atoms with Crippen LogP contribution in [0.25, 0.3) is 11.3 Å². The van der Waals surface area contributed by atoms with E-state index in [0.29, 0.717) is 18.3 Å². The summed E-state index contributed by atoms with van der Waals surface area (Å²) < 4.78 is 1.94. The fraction of sp³-hybridized carbons (Fsp3) is 0.429.